The molecular weight excluding hydrogens is 683 g/mol. The number of benzene rings is 3. The van der Waals surface area contributed by atoms with Crippen LogP contribution in [0.2, 0.25) is 0 Å². The highest BCUT2D eigenvalue weighted by Gasteiger charge is 2.26. The van der Waals surface area contributed by atoms with Gasteiger partial charge in [-0.2, -0.15) is 10.2 Å². The first-order valence-electron chi connectivity index (χ1n) is 18.2. The van der Waals surface area contributed by atoms with E-state index in [1.807, 2.05) is 55.6 Å². The van der Waals surface area contributed by atoms with Crippen LogP contribution in [0.3, 0.4) is 0 Å². The molecule has 54 heavy (non-hydrogen) atoms. The molecular formula is C41H41N9O4. The van der Waals surface area contributed by atoms with Gasteiger partial charge in [-0.3, -0.25) is 19.6 Å². The number of pyridine rings is 1. The van der Waals surface area contributed by atoms with E-state index in [-0.39, 0.29) is 18.0 Å². The number of aliphatic hydroxyl groups is 1. The van der Waals surface area contributed by atoms with Crippen molar-refractivity contribution >= 4 is 45.6 Å². The maximum absolute atomic E-state index is 11.4. The van der Waals surface area contributed by atoms with E-state index in [0.717, 1.165) is 57.6 Å². The summed E-state index contributed by atoms with van der Waals surface area (Å²) in [4.78, 5) is 34.4. The van der Waals surface area contributed by atoms with Crippen LogP contribution in [0, 0.1) is 31.1 Å². The fourth-order valence-corrected chi connectivity index (χ4v) is 7.79. The van der Waals surface area contributed by atoms with Crippen molar-refractivity contribution in [2.24, 2.45) is 5.92 Å². The summed E-state index contributed by atoms with van der Waals surface area (Å²) >= 11 is 0. The number of nitrogens with one attached hydrogen (secondary N) is 1. The van der Waals surface area contributed by atoms with E-state index >= 15 is 0 Å². The third kappa shape index (κ3) is 6.94. The Morgan fingerprint density at radius 3 is 2.37 bits per heavy atom. The first-order valence-corrected chi connectivity index (χ1v) is 18.2. The number of nitrogens with zero attached hydrogens (tertiary/aromatic N) is 7. The van der Waals surface area contributed by atoms with Gasteiger partial charge in [-0.25, -0.2) is 9.97 Å². The fourth-order valence-electron chi connectivity index (χ4n) is 7.79. The quantitative estimate of drug-likeness (QED) is 0.132. The second kappa shape index (κ2) is 14.5. The SMILES string of the molecule is Cc1c(Nc2nc(N)nc3cc(CN4CC[C@@H](O)C4)cnc23)cccc1-c1cccc(-c2nc3cc(CN4CCC(C(=O)O)CC4)cc(C#N)c3o2)c1C. The fraction of sp³-hybridized carbons (Fsp3) is 0.317. The van der Waals surface area contributed by atoms with Gasteiger partial charge in [0.25, 0.3) is 0 Å². The van der Waals surface area contributed by atoms with Crippen LogP contribution < -0.4 is 11.1 Å². The summed E-state index contributed by atoms with van der Waals surface area (Å²) in [6, 6.07) is 20.1. The molecule has 0 saturated carbocycles. The van der Waals surface area contributed by atoms with Crippen molar-refractivity contribution in [3.05, 3.63) is 88.6 Å². The second-order valence-electron chi connectivity index (χ2n) is 14.4. The Balaban J connectivity index is 1.07. The average molecular weight is 724 g/mol. The molecule has 0 amide bonds. The zero-order valence-corrected chi connectivity index (χ0v) is 30.2. The number of oxazole rings is 1. The molecule has 6 aromatic rings. The van der Waals surface area contributed by atoms with Crippen LogP contribution in [-0.4, -0.2) is 78.2 Å². The predicted molar refractivity (Wildman–Crippen MR) is 206 cm³/mol. The number of likely N-dealkylation sites (tertiary alicyclic amines) is 2. The third-order valence-corrected chi connectivity index (χ3v) is 10.7. The summed E-state index contributed by atoms with van der Waals surface area (Å²) in [7, 11) is 0. The molecule has 0 aliphatic carbocycles. The Hall–Kier alpha value is -5.94. The maximum Gasteiger partial charge on any atom is 0.306 e. The van der Waals surface area contributed by atoms with Gasteiger partial charge in [0.2, 0.25) is 11.8 Å². The Morgan fingerprint density at radius 1 is 0.926 bits per heavy atom. The van der Waals surface area contributed by atoms with Crippen LogP contribution >= 0.6 is 0 Å². The molecule has 274 valence electrons. The molecule has 13 nitrogen and oxygen atoms in total. The summed E-state index contributed by atoms with van der Waals surface area (Å²) in [5.74, 6) is 0.0478. The molecule has 2 aliphatic rings. The van der Waals surface area contributed by atoms with E-state index in [9.17, 15) is 20.3 Å². The number of anilines is 3. The molecule has 2 saturated heterocycles. The van der Waals surface area contributed by atoms with Crippen LogP contribution in [0.15, 0.2) is 65.2 Å². The van der Waals surface area contributed by atoms with Crippen LogP contribution in [0.4, 0.5) is 17.5 Å². The number of carboxylic acid groups (broad SMARTS) is 1. The largest absolute Gasteiger partial charge is 0.481 e. The minimum Gasteiger partial charge on any atom is -0.481 e. The van der Waals surface area contributed by atoms with Crippen molar-refractivity contribution in [1.82, 2.24) is 29.7 Å². The van der Waals surface area contributed by atoms with E-state index in [2.05, 4.69) is 50.2 Å². The lowest BCUT2D eigenvalue weighted by molar-refractivity contribution is -0.143. The normalized spacial score (nSPS) is 17.0. The van der Waals surface area contributed by atoms with Gasteiger partial charge in [0.05, 0.1) is 23.1 Å². The molecule has 0 radical (unpaired) electrons. The van der Waals surface area contributed by atoms with Crippen LogP contribution in [0.25, 0.3) is 44.7 Å². The number of fused-ring (bicyclic) bond motifs is 2. The number of carbonyl (C=O) groups is 1. The maximum atomic E-state index is 11.4. The van der Waals surface area contributed by atoms with Crippen LogP contribution in [0.1, 0.15) is 47.1 Å². The second-order valence-corrected chi connectivity index (χ2v) is 14.4. The van der Waals surface area contributed by atoms with Crippen molar-refractivity contribution in [1.29, 1.82) is 5.26 Å². The zero-order valence-electron chi connectivity index (χ0n) is 30.2. The number of carboxylic acids is 1. The molecule has 0 spiro atoms. The number of nitriles is 1. The number of β-amino-alcohol motifs (C(OH)–C–C–N with tert-alkyl or cyclic N) is 1. The predicted octanol–water partition coefficient (Wildman–Crippen LogP) is 6.18. The minimum atomic E-state index is -0.735. The molecule has 8 rings (SSSR count). The summed E-state index contributed by atoms with van der Waals surface area (Å²) < 4.78 is 6.30. The number of hydrogen-bond donors (Lipinski definition) is 4. The number of aliphatic carboxylic acids is 1. The molecule has 0 bridgehead atoms. The van der Waals surface area contributed by atoms with Gasteiger partial charge in [0, 0.05) is 43.6 Å². The van der Waals surface area contributed by atoms with Crippen molar-refractivity contribution in [2.75, 3.05) is 37.2 Å². The topological polar surface area (TPSA) is 191 Å². The lowest BCUT2D eigenvalue weighted by atomic mass is 9.93. The highest BCUT2D eigenvalue weighted by molar-refractivity contribution is 5.90. The van der Waals surface area contributed by atoms with Gasteiger partial charge >= 0.3 is 5.97 Å². The molecule has 13 heteroatoms. The highest BCUT2D eigenvalue weighted by Crippen LogP contribution is 2.38. The number of hydrogen-bond acceptors (Lipinski definition) is 12. The number of piperidine rings is 1. The van der Waals surface area contributed by atoms with Crippen LogP contribution in [0.5, 0.6) is 0 Å². The zero-order chi connectivity index (χ0) is 37.5. The molecule has 2 aliphatic heterocycles. The molecule has 5 heterocycles. The van der Waals surface area contributed by atoms with Gasteiger partial charge in [-0.05, 0) is 110 Å². The van der Waals surface area contributed by atoms with Gasteiger partial charge < -0.3 is 25.7 Å². The van der Waals surface area contributed by atoms with E-state index in [4.69, 9.17) is 20.1 Å². The standard InChI is InChI=1S/C41H41N9O4/c1-23-30(5-3-7-32(23)39-46-35-16-25(15-28(18-42)37(35)54-39)20-49-12-9-27(10-13-49)40(52)53)31-6-4-8-33(24(31)2)45-38-36-34(47-41(43)48-38)17-26(19-44-36)21-50-14-11-29(51)22-50/h3-8,15-17,19,27,29,51H,9-14,20-22H2,1-2H3,(H,52,53)(H3,43,45,47,48)/t29-/m1/s1. The smallest absolute Gasteiger partial charge is 0.306 e. The van der Waals surface area contributed by atoms with Gasteiger partial charge in [-0.1, -0.05) is 24.3 Å². The Morgan fingerprint density at radius 2 is 1.63 bits per heavy atom. The Kier molecular flexibility index (Phi) is 9.41. The summed E-state index contributed by atoms with van der Waals surface area (Å²) in [6.45, 7) is 8.24. The number of nitrogen functional groups attached to an aromatic ring is 1. The van der Waals surface area contributed by atoms with Crippen LogP contribution in [-0.2, 0) is 17.9 Å². The minimum absolute atomic E-state index is 0.142. The molecule has 3 aromatic carbocycles. The lowest BCUT2D eigenvalue weighted by Gasteiger charge is -2.30. The van der Waals surface area contributed by atoms with Crippen molar-refractivity contribution < 1.29 is 19.4 Å². The summed E-state index contributed by atoms with van der Waals surface area (Å²) in [6.07, 6.45) is 3.53. The van der Waals surface area contributed by atoms with E-state index in [1.54, 1.807) is 0 Å². The number of aromatic nitrogens is 4. The van der Waals surface area contributed by atoms with Gasteiger partial charge in [0.1, 0.15) is 17.1 Å². The number of aliphatic hydroxyl groups excluding tert-OH is 1. The van der Waals surface area contributed by atoms with E-state index in [1.165, 1.54) is 0 Å². The first kappa shape index (κ1) is 35.1. The first-order chi connectivity index (χ1) is 26.1. The molecule has 5 N–H and O–H groups in total. The molecule has 1 atom stereocenters. The number of nitrogens with two attached hydrogens (primary N) is 1. The van der Waals surface area contributed by atoms with Crippen molar-refractivity contribution in [3.63, 3.8) is 0 Å². The molecule has 2 fully saturated rings. The molecule has 0 unspecified atom stereocenters. The Bertz CT molecular complexity index is 2450. The van der Waals surface area contributed by atoms with Crippen molar-refractivity contribution in [2.45, 2.75) is 52.3 Å². The summed E-state index contributed by atoms with van der Waals surface area (Å²) in [5.41, 5.74) is 16.5. The van der Waals surface area contributed by atoms with Gasteiger partial charge in [-0.15, -0.1) is 0 Å². The van der Waals surface area contributed by atoms with Gasteiger partial charge in [0.15, 0.2) is 11.4 Å². The lowest BCUT2D eigenvalue weighted by Crippen LogP contribution is -2.35. The average Bonchev–Trinajstić information content (AvgIpc) is 3.78. The molecule has 3 aromatic heterocycles. The number of rotatable bonds is 9. The Labute approximate surface area is 312 Å². The summed E-state index contributed by atoms with van der Waals surface area (Å²) in [5, 5.41) is 32.8. The van der Waals surface area contributed by atoms with E-state index in [0.29, 0.717) is 85.0 Å². The van der Waals surface area contributed by atoms with E-state index < -0.39 is 5.97 Å². The van der Waals surface area contributed by atoms with Crippen molar-refractivity contribution in [3.8, 4) is 28.7 Å². The third-order valence-electron chi connectivity index (χ3n) is 10.7. The monoisotopic (exact) mass is 723 g/mol. The highest BCUT2D eigenvalue weighted by atomic mass is 16.4.